The molecule has 1 heterocycles. The topological polar surface area (TPSA) is 20.2 Å². The summed E-state index contributed by atoms with van der Waals surface area (Å²) in [4.78, 5) is 1.71. The second-order valence-electron chi connectivity index (χ2n) is 2.65. The van der Waals surface area contributed by atoms with Gasteiger partial charge in [-0.25, -0.2) is 0 Å². The summed E-state index contributed by atoms with van der Waals surface area (Å²) in [7, 11) is 0. The summed E-state index contributed by atoms with van der Waals surface area (Å²) >= 11 is 11.8. The van der Waals surface area contributed by atoms with E-state index in [1.807, 2.05) is 18.2 Å². The summed E-state index contributed by atoms with van der Waals surface area (Å²) in [5.74, 6) is 0. The zero-order valence-corrected chi connectivity index (χ0v) is 9.09. The van der Waals surface area contributed by atoms with E-state index in [1.165, 1.54) is 11.3 Å². The van der Waals surface area contributed by atoms with Gasteiger partial charge in [0.05, 0.1) is 16.3 Å². The average Bonchev–Trinajstić information content (AvgIpc) is 2.45. The molecule has 0 aliphatic heterocycles. The average molecular weight is 231 g/mol. The van der Waals surface area contributed by atoms with E-state index in [0.717, 1.165) is 24.9 Å². The van der Waals surface area contributed by atoms with Crippen molar-refractivity contribution in [2.24, 2.45) is 0 Å². The molecule has 1 nitrogen and oxygen atoms in total. The Balaban J connectivity index is 2.83. The van der Waals surface area contributed by atoms with Crippen molar-refractivity contribution in [3.05, 3.63) is 28.1 Å². The molecule has 1 N–H and O–H groups in total. The Morgan fingerprint density at radius 3 is 2.85 bits per heavy atom. The van der Waals surface area contributed by atoms with E-state index in [1.54, 1.807) is 0 Å². The highest BCUT2D eigenvalue weighted by atomic mass is 35.5. The number of rotatable bonds is 1. The molecule has 0 aliphatic rings. The highest BCUT2D eigenvalue weighted by Crippen LogP contribution is 2.37. The fraction of sp³-hybridized carbons (Fsp3) is 0.111. The van der Waals surface area contributed by atoms with Gasteiger partial charge in [0.15, 0.2) is 0 Å². The first-order valence-electron chi connectivity index (χ1n) is 3.73. The molecule has 0 aliphatic carbocycles. The fourth-order valence-corrected chi connectivity index (χ4v) is 2.95. The third-order valence-electron chi connectivity index (χ3n) is 1.86. The number of halogens is 1. The monoisotopic (exact) mass is 230 g/mol. The summed E-state index contributed by atoms with van der Waals surface area (Å²) in [6.07, 6.45) is 0. The lowest BCUT2D eigenvalue weighted by molar-refractivity contribution is 0.283. The highest BCUT2D eigenvalue weighted by molar-refractivity contribution is 7.80. The molecule has 0 saturated carbocycles. The zero-order chi connectivity index (χ0) is 9.42. The van der Waals surface area contributed by atoms with Crippen LogP contribution < -0.4 is 0 Å². The molecule has 0 bridgehead atoms. The SMILES string of the molecule is OCc1sc2c(Cl)cccc2c1S. The minimum absolute atomic E-state index is 0.0223. The molecule has 13 heavy (non-hydrogen) atoms. The van der Waals surface area contributed by atoms with Crippen LogP contribution >= 0.6 is 35.6 Å². The van der Waals surface area contributed by atoms with Crippen molar-refractivity contribution < 1.29 is 5.11 Å². The molecule has 0 atom stereocenters. The van der Waals surface area contributed by atoms with E-state index in [9.17, 15) is 0 Å². The third kappa shape index (κ3) is 1.46. The van der Waals surface area contributed by atoms with Crippen molar-refractivity contribution in [3.8, 4) is 0 Å². The Morgan fingerprint density at radius 1 is 1.46 bits per heavy atom. The predicted octanol–water partition coefficient (Wildman–Crippen LogP) is 3.34. The highest BCUT2D eigenvalue weighted by Gasteiger charge is 2.09. The molecule has 1 aromatic heterocycles. The predicted molar refractivity (Wildman–Crippen MR) is 60.0 cm³/mol. The van der Waals surface area contributed by atoms with Crippen molar-refractivity contribution in [1.29, 1.82) is 0 Å². The molecule has 68 valence electrons. The number of fused-ring (bicyclic) bond motifs is 1. The number of thiol groups is 1. The minimum Gasteiger partial charge on any atom is -0.391 e. The van der Waals surface area contributed by atoms with Crippen molar-refractivity contribution in [3.63, 3.8) is 0 Å². The molecular weight excluding hydrogens is 224 g/mol. The summed E-state index contributed by atoms with van der Waals surface area (Å²) < 4.78 is 0.998. The second kappa shape index (κ2) is 3.50. The van der Waals surface area contributed by atoms with Gasteiger partial charge in [-0.15, -0.1) is 24.0 Å². The first-order valence-corrected chi connectivity index (χ1v) is 5.38. The molecule has 0 fully saturated rings. The van der Waals surface area contributed by atoms with Gasteiger partial charge in [0.25, 0.3) is 0 Å². The van der Waals surface area contributed by atoms with Gasteiger partial charge >= 0.3 is 0 Å². The number of thiophene rings is 1. The molecule has 0 unspecified atom stereocenters. The fourth-order valence-electron chi connectivity index (χ4n) is 1.23. The van der Waals surface area contributed by atoms with Crippen LogP contribution in [-0.4, -0.2) is 5.11 Å². The van der Waals surface area contributed by atoms with Crippen LogP contribution in [0, 0.1) is 0 Å². The number of benzene rings is 1. The standard InChI is InChI=1S/C9H7ClOS2/c10-6-3-1-2-5-8(12)7(4-11)13-9(5)6/h1-3,11-12H,4H2. The van der Waals surface area contributed by atoms with Crippen molar-refractivity contribution >= 4 is 45.7 Å². The summed E-state index contributed by atoms with van der Waals surface area (Å²) in [5, 5.41) is 10.8. The number of aliphatic hydroxyl groups is 1. The lowest BCUT2D eigenvalue weighted by Gasteiger charge is -1.92. The van der Waals surface area contributed by atoms with E-state index in [2.05, 4.69) is 12.6 Å². The van der Waals surface area contributed by atoms with Crippen LogP contribution in [0.15, 0.2) is 23.1 Å². The van der Waals surface area contributed by atoms with Crippen LogP contribution in [0.1, 0.15) is 4.88 Å². The molecule has 2 aromatic rings. The molecule has 0 spiro atoms. The summed E-state index contributed by atoms with van der Waals surface area (Å²) in [6.45, 7) is 0.0223. The normalized spacial score (nSPS) is 11.0. The van der Waals surface area contributed by atoms with E-state index in [4.69, 9.17) is 16.7 Å². The number of hydrogen-bond acceptors (Lipinski definition) is 3. The van der Waals surface area contributed by atoms with Crippen LogP contribution in [0.4, 0.5) is 0 Å². The van der Waals surface area contributed by atoms with Crippen molar-refractivity contribution in [1.82, 2.24) is 0 Å². The third-order valence-corrected chi connectivity index (χ3v) is 4.17. The minimum atomic E-state index is 0.0223. The summed E-state index contributed by atoms with van der Waals surface area (Å²) in [5.41, 5.74) is 0. The van der Waals surface area contributed by atoms with E-state index < -0.39 is 0 Å². The van der Waals surface area contributed by atoms with Gasteiger partial charge < -0.3 is 5.11 Å². The van der Waals surface area contributed by atoms with Crippen LogP contribution in [0.25, 0.3) is 10.1 Å². The maximum Gasteiger partial charge on any atom is 0.0786 e. The molecule has 2 rings (SSSR count). The number of hydrogen-bond donors (Lipinski definition) is 2. The van der Waals surface area contributed by atoms with E-state index in [0.29, 0.717) is 0 Å². The molecule has 4 heteroatoms. The Bertz CT molecular complexity index is 450. The molecular formula is C9H7ClOS2. The van der Waals surface area contributed by atoms with Crippen LogP contribution in [-0.2, 0) is 6.61 Å². The van der Waals surface area contributed by atoms with Crippen molar-refractivity contribution in [2.45, 2.75) is 11.5 Å². The van der Waals surface area contributed by atoms with Gasteiger partial charge in [0.1, 0.15) is 0 Å². The van der Waals surface area contributed by atoms with E-state index >= 15 is 0 Å². The first kappa shape index (κ1) is 9.34. The van der Waals surface area contributed by atoms with Crippen molar-refractivity contribution in [2.75, 3.05) is 0 Å². The largest absolute Gasteiger partial charge is 0.391 e. The van der Waals surface area contributed by atoms with Gasteiger partial charge in [-0.2, -0.15) is 0 Å². The summed E-state index contributed by atoms with van der Waals surface area (Å²) in [6, 6.07) is 5.69. The van der Waals surface area contributed by atoms with Gasteiger partial charge in [0.2, 0.25) is 0 Å². The van der Waals surface area contributed by atoms with Gasteiger partial charge in [-0.3, -0.25) is 0 Å². The first-order chi connectivity index (χ1) is 6.24. The molecule has 0 amide bonds. The van der Waals surface area contributed by atoms with E-state index in [-0.39, 0.29) is 6.61 Å². The number of aliphatic hydroxyl groups excluding tert-OH is 1. The second-order valence-corrected chi connectivity index (χ2v) is 4.61. The molecule has 0 radical (unpaired) electrons. The maximum absolute atomic E-state index is 9.03. The van der Waals surface area contributed by atoms with Gasteiger partial charge in [-0.1, -0.05) is 23.7 Å². The Hall–Kier alpha value is -0.220. The van der Waals surface area contributed by atoms with Crippen LogP contribution in [0.5, 0.6) is 0 Å². The Morgan fingerprint density at radius 2 is 2.23 bits per heavy atom. The zero-order valence-electron chi connectivity index (χ0n) is 6.62. The van der Waals surface area contributed by atoms with Crippen LogP contribution in [0.3, 0.4) is 0 Å². The van der Waals surface area contributed by atoms with Crippen LogP contribution in [0.2, 0.25) is 5.02 Å². The van der Waals surface area contributed by atoms with Gasteiger partial charge in [-0.05, 0) is 6.07 Å². The molecule has 0 saturated heterocycles. The Kier molecular flexibility index (Phi) is 2.51. The quantitative estimate of drug-likeness (QED) is 0.720. The Labute approximate surface area is 90.4 Å². The molecule has 1 aromatic carbocycles. The maximum atomic E-state index is 9.03. The lowest BCUT2D eigenvalue weighted by Crippen LogP contribution is -1.75. The smallest absolute Gasteiger partial charge is 0.0786 e. The van der Waals surface area contributed by atoms with Gasteiger partial charge in [0, 0.05) is 15.2 Å². The lowest BCUT2D eigenvalue weighted by atomic mass is 10.2.